The molecule has 2 aromatic carbocycles. The molecule has 1 saturated heterocycles. The van der Waals surface area contributed by atoms with Crippen LogP contribution < -0.4 is 14.8 Å². The van der Waals surface area contributed by atoms with Gasteiger partial charge in [0.15, 0.2) is 0 Å². The Labute approximate surface area is 201 Å². The average Bonchev–Trinajstić information content (AvgIpc) is 3.41. The summed E-state index contributed by atoms with van der Waals surface area (Å²) in [5, 5.41) is 8.04. The number of fused-ring (bicyclic) bond motifs is 2. The van der Waals surface area contributed by atoms with Crippen LogP contribution in [0, 0.1) is 0 Å². The zero-order chi connectivity index (χ0) is 23.9. The molecule has 0 aliphatic carbocycles. The van der Waals surface area contributed by atoms with Gasteiger partial charge in [-0.25, -0.2) is 15.0 Å². The zero-order valence-electron chi connectivity index (χ0n) is 18.3. The summed E-state index contributed by atoms with van der Waals surface area (Å²) in [6, 6.07) is 9.39. The topological polar surface area (TPSA) is 96.2 Å². The van der Waals surface area contributed by atoms with Crippen LogP contribution in [-0.4, -0.2) is 50.7 Å². The molecule has 0 spiro atoms. The molecule has 0 amide bonds. The van der Waals surface area contributed by atoms with Gasteiger partial charge in [0.2, 0.25) is 5.88 Å². The van der Waals surface area contributed by atoms with Crippen LogP contribution in [0.3, 0.4) is 0 Å². The standard InChI is InChI=1S/C23H18F2N6O3S/c1-31-7-15(22(30-31)34-23(24)25)12-4-17-20(18(5-12)33-14-8-32-9-14)21(27-10-26-17)29-13-2-3-16-19(6-13)35-11-28-16/h2-7,10-11,14,23H,8-9H2,1H3,(H,26,27,29). The lowest BCUT2D eigenvalue weighted by molar-refractivity contribution is -0.0790. The fourth-order valence-corrected chi connectivity index (χ4v) is 4.58. The predicted molar refractivity (Wildman–Crippen MR) is 127 cm³/mol. The van der Waals surface area contributed by atoms with E-state index in [0.29, 0.717) is 46.8 Å². The monoisotopic (exact) mass is 496 g/mol. The average molecular weight is 496 g/mol. The van der Waals surface area contributed by atoms with Crippen molar-refractivity contribution in [1.29, 1.82) is 0 Å². The second kappa shape index (κ2) is 8.71. The van der Waals surface area contributed by atoms with Gasteiger partial charge in [-0.1, -0.05) is 0 Å². The second-order valence-electron chi connectivity index (χ2n) is 7.93. The molecule has 1 aliphatic rings. The minimum Gasteiger partial charge on any atom is -0.485 e. The van der Waals surface area contributed by atoms with Crippen molar-refractivity contribution in [3.8, 4) is 22.8 Å². The summed E-state index contributed by atoms with van der Waals surface area (Å²) in [7, 11) is 1.64. The summed E-state index contributed by atoms with van der Waals surface area (Å²) in [6.45, 7) is -2.09. The number of thiazole rings is 1. The highest BCUT2D eigenvalue weighted by Crippen LogP contribution is 2.39. The van der Waals surface area contributed by atoms with Gasteiger partial charge in [0, 0.05) is 18.9 Å². The molecule has 178 valence electrons. The SMILES string of the molecule is Cn1cc(-c2cc(OC3COC3)c3c(Nc4ccc5ncsc5c4)ncnc3c2)c(OC(F)F)n1. The number of rotatable bonds is 7. The quantitative estimate of drug-likeness (QED) is 0.345. The highest BCUT2D eigenvalue weighted by molar-refractivity contribution is 7.16. The van der Waals surface area contributed by atoms with Crippen LogP contribution in [0.25, 0.3) is 32.2 Å². The van der Waals surface area contributed by atoms with Crippen molar-refractivity contribution in [2.24, 2.45) is 7.05 Å². The maximum absolute atomic E-state index is 13.0. The van der Waals surface area contributed by atoms with Gasteiger partial charge >= 0.3 is 6.61 Å². The van der Waals surface area contributed by atoms with Gasteiger partial charge < -0.3 is 19.5 Å². The van der Waals surface area contributed by atoms with Gasteiger partial charge in [0.1, 0.15) is 24.0 Å². The van der Waals surface area contributed by atoms with E-state index in [1.165, 1.54) is 11.0 Å². The van der Waals surface area contributed by atoms with Gasteiger partial charge in [-0.3, -0.25) is 4.68 Å². The maximum atomic E-state index is 13.0. The summed E-state index contributed by atoms with van der Waals surface area (Å²) < 4.78 is 44.5. The number of hydrogen-bond acceptors (Lipinski definition) is 9. The van der Waals surface area contributed by atoms with E-state index in [9.17, 15) is 8.78 Å². The van der Waals surface area contributed by atoms with Crippen LogP contribution in [0.5, 0.6) is 11.6 Å². The van der Waals surface area contributed by atoms with Crippen molar-refractivity contribution < 1.29 is 23.0 Å². The van der Waals surface area contributed by atoms with Crippen LogP contribution in [0.4, 0.5) is 20.3 Å². The molecule has 9 nitrogen and oxygen atoms in total. The number of ether oxygens (including phenoxy) is 3. The van der Waals surface area contributed by atoms with E-state index in [4.69, 9.17) is 9.47 Å². The fourth-order valence-electron chi connectivity index (χ4n) is 3.87. The Kier molecular flexibility index (Phi) is 5.38. The van der Waals surface area contributed by atoms with Crippen molar-refractivity contribution in [3.63, 3.8) is 0 Å². The van der Waals surface area contributed by atoms with E-state index < -0.39 is 6.61 Å². The van der Waals surface area contributed by atoms with Crippen molar-refractivity contribution in [2.45, 2.75) is 12.7 Å². The largest absolute Gasteiger partial charge is 0.485 e. The van der Waals surface area contributed by atoms with Gasteiger partial charge in [-0.15, -0.1) is 16.4 Å². The smallest absolute Gasteiger partial charge is 0.388 e. The number of nitrogens with zero attached hydrogens (tertiary/aromatic N) is 5. The molecular weight excluding hydrogens is 478 g/mol. The molecule has 4 heterocycles. The third-order valence-electron chi connectivity index (χ3n) is 5.50. The summed E-state index contributed by atoms with van der Waals surface area (Å²) in [4.78, 5) is 13.2. The summed E-state index contributed by atoms with van der Waals surface area (Å²) in [6.07, 6.45) is 2.91. The van der Waals surface area contributed by atoms with Crippen molar-refractivity contribution in [3.05, 3.63) is 48.4 Å². The molecule has 1 aliphatic heterocycles. The molecular formula is C23H18F2N6O3S. The van der Waals surface area contributed by atoms with Crippen LogP contribution >= 0.6 is 11.3 Å². The summed E-state index contributed by atoms with van der Waals surface area (Å²) in [5.74, 6) is 0.876. The van der Waals surface area contributed by atoms with E-state index in [-0.39, 0.29) is 12.0 Å². The van der Waals surface area contributed by atoms with Gasteiger partial charge in [-0.05, 0) is 35.9 Å². The Morgan fingerprint density at radius 3 is 2.83 bits per heavy atom. The molecule has 35 heavy (non-hydrogen) atoms. The number of aromatic nitrogens is 5. The van der Waals surface area contributed by atoms with E-state index in [0.717, 1.165) is 15.9 Å². The predicted octanol–water partition coefficient (Wildman–Crippen LogP) is 4.76. The fraction of sp³-hybridized carbons (Fsp3) is 0.217. The number of aryl methyl sites for hydroxylation is 1. The molecule has 0 radical (unpaired) electrons. The zero-order valence-corrected chi connectivity index (χ0v) is 19.1. The van der Waals surface area contributed by atoms with Gasteiger partial charge in [0.05, 0.1) is 45.4 Å². The molecule has 12 heteroatoms. The normalized spacial score (nSPS) is 13.9. The molecule has 0 unspecified atom stereocenters. The first-order valence-electron chi connectivity index (χ1n) is 10.7. The van der Waals surface area contributed by atoms with E-state index >= 15 is 0 Å². The first-order valence-corrected chi connectivity index (χ1v) is 11.5. The lowest BCUT2D eigenvalue weighted by Gasteiger charge is -2.27. The Bertz CT molecular complexity index is 1530. The third-order valence-corrected chi connectivity index (χ3v) is 6.30. The molecule has 3 aromatic heterocycles. The molecule has 0 atom stereocenters. The molecule has 0 saturated carbocycles. The third kappa shape index (κ3) is 4.21. The number of benzene rings is 2. The van der Waals surface area contributed by atoms with Crippen LogP contribution in [0.15, 0.2) is 48.4 Å². The summed E-state index contributed by atoms with van der Waals surface area (Å²) >= 11 is 1.55. The van der Waals surface area contributed by atoms with Crippen molar-refractivity contribution >= 4 is 44.0 Å². The Morgan fingerprint density at radius 1 is 1.14 bits per heavy atom. The van der Waals surface area contributed by atoms with Gasteiger partial charge in [0.25, 0.3) is 0 Å². The van der Waals surface area contributed by atoms with Crippen LogP contribution in [-0.2, 0) is 11.8 Å². The van der Waals surface area contributed by atoms with Crippen molar-refractivity contribution in [1.82, 2.24) is 24.7 Å². The van der Waals surface area contributed by atoms with Crippen LogP contribution in [0.2, 0.25) is 0 Å². The second-order valence-corrected chi connectivity index (χ2v) is 8.81. The molecule has 1 N–H and O–H groups in total. The number of hydrogen-bond donors (Lipinski definition) is 1. The molecule has 6 rings (SSSR count). The van der Waals surface area contributed by atoms with Gasteiger partial charge in [-0.2, -0.15) is 8.78 Å². The van der Waals surface area contributed by atoms with E-state index in [1.807, 2.05) is 18.2 Å². The van der Waals surface area contributed by atoms with E-state index in [1.54, 1.807) is 42.2 Å². The lowest BCUT2D eigenvalue weighted by Crippen LogP contribution is -2.38. The highest BCUT2D eigenvalue weighted by atomic mass is 32.1. The Morgan fingerprint density at radius 2 is 2.03 bits per heavy atom. The molecule has 5 aromatic rings. The number of halogens is 2. The number of alkyl halides is 2. The first-order chi connectivity index (χ1) is 17.0. The Hall–Kier alpha value is -3.90. The number of nitrogens with one attached hydrogen (secondary N) is 1. The Balaban J connectivity index is 1.47. The minimum atomic E-state index is -3.00. The highest BCUT2D eigenvalue weighted by Gasteiger charge is 2.24. The maximum Gasteiger partial charge on any atom is 0.388 e. The van der Waals surface area contributed by atoms with Crippen molar-refractivity contribution in [2.75, 3.05) is 18.5 Å². The lowest BCUT2D eigenvalue weighted by atomic mass is 10.0. The first kappa shape index (κ1) is 21.6. The molecule has 1 fully saturated rings. The van der Waals surface area contributed by atoms with E-state index in [2.05, 4.69) is 30.1 Å². The minimum absolute atomic E-state index is 0.138. The molecule has 0 bridgehead atoms. The van der Waals surface area contributed by atoms with Crippen LogP contribution in [0.1, 0.15) is 0 Å². The number of anilines is 2. The summed E-state index contributed by atoms with van der Waals surface area (Å²) in [5.41, 5.74) is 5.10.